The van der Waals surface area contributed by atoms with Gasteiger partial charge in [-0.15, -0.1) is 0 Å². The van der Waals surface area contributed by atoms with E-state index in [1.165, 1.54) is 25.7 Å². The fraction of sp³-hybridized carbons (Fsp3) is 0.917. The second-order valence-corrected chi connectivity index (χ2v) is 4.42. The van der Waals surface area contributed by atoms with Gasteiger partial charge in [-0.25, -0.2) is 0 Å². The highest BCUT2D eigenvalue weighted by atomic mass is 16.5. The van der Waals surface area contributed by atoms with Gasteiger partial charge in [0, 0.05) is 5.41 Å². The predicted molar refractivity (Wildman–Crippen MR) is 59.2 cm³/mol. The van der Waals surface area contributed by atoms with Crippen LogP contribution in [-0.2, 0) is 9.53 Å². The number of carbonyl (C=O) groups is 1. The molecule has 14 heavy (non-hydrogen) atoms. The summed E-state index contributed by atoms with van der Waals surface area (Å²) in [6.45, 7) is 7.75. The van der Waals surface area contributed by atoms with Crippen LogP contribution in [0.4, 0.5) is 0 Å². The summed E-state index contributed by atoms with van der Waals surface area (Å²) < 4.78 is 4.90. The first-order valence-corrected chi connectivity index (χ1v) is 5.73. The van der Waals surface area contributed by atoms with Crippen LogP contribution in [0.1, 0.15) is 59.3 Å². The minimum Gasteiger partial charge on any atom is -0.467 e. The van der Waals surface area contributed by atoms with E-state index in [4.69, 9.17) is 4.74 Å². The molecule has 2 nitrogen and oxygen atoms in total. The number of unbranched alkanes of at least 4 members (excludes halogenated alkanes) is 2. The molecule has 84 valence electrons. The van der Waals surface area contributed by atoms with E-state index in [-0.39, 0.29) is 5.41 Å². The molecule has 1 unspecified atom stereocenters. The lowest BCUT2D eigenvalue weighted by Crippen LogP contribution is -2.23. The lowest BCUT2D eigenvalue weighted by Gasteiger charge is -2.27. The van der Waals surface area contributed by atoms with Crippen LogP contribution in [0.2, 0.25) is 0 Å². The molecule has 0 spiro atoms. The van der Waals surface area contributed by atoms with E-state index >= 15 is 0 Å². The Hall–Kier alpha value is -0.530. The smallest absolute Gasteiger partial charge is 0.293 e. The summed E-state index contributed by atoms with van der Waals surface area (Å²) in [7, 11) is 0. The summed E-state index contributed by atoms with van der Waals surface area (Å²) in [5, 5.41) is 0. The molecule has 0 bridgehead atoms. The molecular formula is C12H24O2. The van der Waals surface area contributed by atoms with Crippen LogP contribution in [0.25, 0.3) is 0 Å². The standard InChI is InChI=1S/C12H24O2/c1-4-6-7-9-12(3,8-5-2)10-14-11-13/h11H,4-10H2,1-3H3. The van der Waals surface area contributed by atoms with Gasteiger partial charge in [-0.1, -0.05) is 46.5 Å². The zero-order valence-electron chi connectivity index (χ0n) is 9.84. The van der Waals surface area contributed by atoms with Gasteiger partial charge in [0.2, 0.25) is 0 Å². The van der Waals surface area contributed by atoms with Crippen LogP contribution < -0.4 is 0 Å². The maximum absolute atomic E-state index is 10.2. The Bertz CT molecular complexity index is 145. The lowest BCUT2D eigenvalue weighted by atomic mass is 9.81. The SMILES string of the molecule is CCCCCC(C)(CCC)COC=O. The van der Waals surface area contributed by atoms with Crippen molar-refractivity contribution in [3.8, 4) is 0 Å². The zero-order chi connectivity index (χ0) is 10.9. The van der Waals surface area contributed by atoms with Gasteiger partial charge in [0.1, 0.15) is 0 Å². The molecule has 0 fully saturated rings. The normalized spacial score (nSPS) is 14.8. The van der Waals surface area contributed by atoms with Gasteiger partial charge in [0.15, 0.2) is 0 Å². The molecule has 0 radical (unpaired) electrons. The van der Waals surface area contributed by atoms with Gasteiger partial charge in [-0.3, -0.25) is 4.79 Å². The van der Waals surface area contributed by atoms with Gasteiger partial charge < -0.3 is 4.74 Å². The van der Waals surface area contributed by atoms with Gasteiger partial charge in [0.05, 0.1) is 6.61 Å². The number of hydrogen-bond acceptors (Lipinski definition) is 2. The molecule has 0 amide bonds. The summed E-state index contributed by atoms with van der Waals surface area (Å²) in [6.07, 6.45) is 7.24. The van der Waals surface area contributed by atoms with Gasteiger partial charge in [-0.05, 0) is 12.8 Å². The third kappa shape index (κ3) is 6.01. The fourth-order valence-corrected chi connectivity index (χ4v) is 1.91. The predicted octanol–water partition coefficient (Wildman–Crippen LogP) is 3.55. The van der Waals surface area contributed by atoms with Crippen molar-refractivity contribution < 1.29 is 9.53 Å². The first-order chi connectivity index (χ1) is 6.68. The molecule has 0 N–H and O–H groups in total. The number of hydrogen-bond donors (Lipinski definition) is 0. The lowest BCUT2D eigenvalue weighted by molar-refractivity contribution is -0.132. The average molecular weight is 200 g/mol. The van der Waals surface area contributed by atoms with Crippen molar-refractivity contribution in [1.82, 2.24) is 0 Å². The number of carbonyl (C=O) groups excluding carboxylic acids is 1. The molecule has 0 aromatic heterocycles. The highest BCUT2D eigenvalue weighted by Gasteiger charge is 2.23. The average Bonchev–Trinajstić information content (AvgIpc) is 2.16. The van der Waals surface area contributed by atoms with Crippen molar-refractivity contribution in [2.75, 3.05) is 6.61 Å². The second kappa shape index (κ2) is 7.84. The second-order valence-electron chi connectivity index (χ2n) is 4.42. The van der Waals surface area contributed by atoms with Gasteiger partial charge >= 0.3 is 0 Å². The monoisotopic (exact) mass is 200 g/mol. The van der Waals surface area contributed by atoms with Crippen molar-refractivity contribution in [3.63, 3.8) is 0 Å². The molecule has 0 aliphatic rings. The molecule has 0 saturated heterocycles. The van der Waals surface area contributed by atoms with Crippen molar-refractivity contribution >= 4 is 6.47 Å². The van der Waals surface area contributed by atoms with Crippen molar-refractivity contribution in [3.05, 3.63) is 0 Å². The van der Waals surface area contributed by atoms with Crippen LogP contribution in [0, 0.1) is 5.41 Å². The molecule has 0 aliphatic heterocycles. The summed E-state index contributed by atoms with van der Waals surface area (Å²) >= 11 is 0. The van der Waals surface area contributed by atoms with Gasteiger partial charge in [0.25, 0.3) is 6.47 Å². The van der Waals surface area contributed by atoms with E-state index in [1.54, 1.807) is 0 Å². The van der Waals surface area contributed by atoms with Gasteiger partial charge in [-0.2, -0.15) is 0 Å². The Kier molecular flexibility index (Phi) is 7.54. The summed E-state index contributed by atoms with van der Waals surface area (Å²) in [5.41, 5.74) is 0.199. The van der Waals surface area contributed by atoms with E-state index in [0.717, 1.165) is 12.8 Å². The maximum Gasteiger partial charge on any atom is 0.293 e. The van der Waals surface area contributed by atoms with Crippen LogP contribution in [0.3, 0.4) is 0 Å². The first kappa shape index (κ1) is 13.5. The third-order valence-corrected chi connectivity index (χ3v) is 2.74. The molecule has 0 rings (SSSR count). The highest BCUT2D eigenvalue weighted by molar-refractivity contribution is 5.36. The molecule has 2 heteroatoms. The quantitative estimate of drug-likeness (QED) is 0.420. The maximum atomic E-state index is 10.2. The Morgan fingerprint density at radius 2 is 1.86 bits per heavy atom. The number of rotatable bonds is 9. The topological polar surface area (TPSA) is 26.3 Å². The zero-order valence-corrected chi connectivity index (χ0v) is 9.84. The van der Waals surface area contributed by atoms with Crippen molar-refractivity contribution in [2.24, 2.45) is 5.41 Å². The molecule has 0 aromatic carbocycles. The Morgan fingerprint density at radius 3 is 2.36 bits per heavy atom. The van der Waals surface area contributed by atoms with E-state index in [2.05, 4.69) is 20.8 Å². The number of ether oxygens (including phenoxy) is 1. The van der Waals surface area contributed by atoms with Crippen LogP contribution in [0.15, 0.2) is 0 Å². The minimum absolute atomic E-state index is 0.199. The van der Waals surface area contributed by atoms with Crippen LogP contribution in [-0.4, -0.2) is 13.1 Å². The van der Waals surface area contributed by atoms with Crippen molar-refractivity contribution in [2.45, 2.75) is 59.3 Å². The molecule has 0 heterocycles. The highest BCUT2D eigenvalue weighted by Crippen LogP contribution is 2.30. The Morgan fingerprint density at radius 1 is 1.14 bits per heavy atom. The summed E-state index contributed by atoms with van der Waals surface area (Å²) in [6, 6.07) is 0. The van der Waals surface area contributed by atoms with E-state index in [9.17, 15) is 4.79 Å². The Labute approximate surface area is 88.0 Å². The molecule has 1 atom stereocenters. The first-order valence-electron chi connectivity index (χ1n) is 5.73. The minimum atomic E-state index is 0.199. The van der Waals surface area contributed by atoms with E-state index in [1.807, 2.05) is 0 Å². The molecule has 0 aliphatic carbocycles. The van der Waals surface area contributed by atoms with Crippen LogP contribution >= 0.6 is 0 Å². The molecule has 0 saturated carbocycles. The Balaban J connectivity index is 3.88. The van der Waals surface area contributed by atoms with Crippen molar-refractivity contribution in [1.29, 1.82) is 0 Å². The summed E-state index contributed by atoms with van der Waals surface area (Å²) in [4.78, 5) is 10.2. The molecule has 0 aromatic rings. The van der Waals surface area contributed by atoms with E-state index < -0.39 is 0 Å². The fourth-order valence-electron chi connectivity index (χ4n) is 1.91. The summed E-state index contributed by atoms with van der Waals surface area (Å²) in [5.74, 6) is 0. The molecular weight excluding hydrogens is 176 g/mol. The van der Waals surface area contributed by atoms with E-state index in [0.29, 0.717) is 13.1 Å². The largest absolute Gasteiger partial charge is 0.467 e. The van der Waals surface area contributed by atoms with Crippen LogP contribution in [0.5, 0.6) is 0 Å². The third-order valence-electron chi connectivity index (χ3n) is 2.74.